The molecule has 150 valence electrons. The Balaban J connectivity index is 0.00000261. The lowest BCUT2D eigenvalue weighted by atomic mass is 9.88. The minimum absolute atomic E-state index is 0. The van der Waals surface area contributed by atoms with Gasteiger partial charge < -0.3 is 20.3 Å². The Kier molecular flexibility index (Phi) is 7.92. The first-order valence-electron chi connectivity index (χ1n) is 9.49. The molecule has 2 fully saturated rings. The molecule has 2 aliphatic rings. The SMILES string of the molecule is COc1ccccc1CC(=O)N1CCC(NC(=O)C(C)C2CNC2)CC1.Cl. The molecule has 1 atom stereocenters. The van der Waals surface area contributed by atoms with Crippen LogP contribution in [0.3, 0.4) is 0 Å². The number of amides is 2. The number of benzene rings is 1. The van der Waals surface area contributed by atoms with Crippen molar-refractivity contribution in [3.05, 3.63) is 29.8 Å². The van der Waals surface area contributed by atoms with Crippen LogP contribution in [0.5, 0.6) is 5.75 Å². The van der Waals surface area contributed by atoms with E-state index < -0.39 is 0 Å². The predicted molar refractivity (Wildman–Crippen MR) is 107 cm³/mol. The van der Waals surface area contributed by atoms with Crippen molar-refractivity contribution in [1.82, 2.24) is 15.5 Å². The molecule has 1 aromatic carbocycles. The topological polar surface area (TPSA) is 70.7 Å². The molecule has 1 aromatic rings. The van der Waals surface area contributed by atoms with Crippen molar-refractivity contribution in [3.63, 3.8) is 0 Å². The highest BCUT2D eigenvalue weighted by Gasteiger charge is 2.31. The van der Waals surface area contributed by atoms with Crippen molar-refractivity contribution in [2.45, 2.75) is 32.2 Å². The highest BCUT2D eigenvalue weighted by atomic mass is 35.5. The number of rotatable bonds is 6. The summed E-state index contributed by atoms with van der Waals surface area (Å²) in [7, 11) is 1.62. The molecule has 1 unspecified atom stereocenters. The number of carbonyl (C=O) groups is 2. The Morgan fingerprint density at radius 1 is 1.26 bits per heavy atom. The van der Waals surface area contributed by atoms with Gasteiger partial charge in [-0.25, -0.2) is 0 Å². The molecule has 7 heteroatoms. The van der Waals surface area contributed by atoms with Crippen molar-refractivity contribution in [2.75, 3.05) is 33.3 Å². The van der Waals surface area contributed by atoms with Crippen molar-refractivity contribution in [2.24, 2.45) is 11.8 Å². The smallest absolute Gasteiger partial charge is 0.227 e. The number of halogens is 1. The summed E-state index contributed by atoms with van der Waals surface area (Å²) in [5.74, 6) is 1.53. The molecule has 2 aliphatic heterocycles. The van der Waals surface area contributed by atoms with Gasteiger partial charge in [0.05, 0.1) is 13.5 Å². The lowest BCUT2D eigenvalue weighted by Crippen LogP contribution is -2.52. The fourth-order valence-corrected chi connectivity index (χ4v) is 3.61. The largest absolute Gasteiger partial charge is 0.496 e. The minimum Gasteiger partial charge on any atom is -0.496 e. The van der Waals surface area contributed by atoms with Gasteiger partial charge in [-0.1, -0.05) is 25.1 Å². The van der Waals surface area contributed by atoms with E-state index in [1.54, 1.807) is 7.11 Å². The highest BCUT2D eigenvalue weighted by Crippen LogP contribution is 2.21. The number of hydrogen-bond donors (Lipinski definition) is 2. The Morgan fingerprint density at radius 2 is 1.93 bits per heavy atom. The Hall–Kier alpha value is -1.79. The molecule has 0 aromatic heterocycles. The van der Waals surface area contributed by atoms with E-state index in [4.69, 9.17) is 4.74 Å². The molecular formula is C20H30ClN3O3. The normalized spacial score (nSPS) is 18.8. The van der Waals surface area contributed by atoms with E-state index >= 15 is 0 Å². The van der Waals surface area contributed by atoms with E-state index in [-0.39, 0.29) is 36.2 Å². The number of likely N-dealkylation sites (tertiary alicyclic amines) is 1. The predicted octanol–water partition coefficient (Wildman–Crippen LogP) is 1.62. The van der Waals surface area contributed by atoms with Crippen LogP contribution in [0, 0.1) is 11.8 Å². The van der Waals surface area contributed by atoms with Crippen LogP contribution in [0.25, 0.3) is 0 Å². The van der Waals surface area contributed by atoms with Crippen LogP contribution in [0.4, 0.5) is 0 Å². The minimum atomic E-state index is 0. The number of hydrogen-bond acceptors (Lipinski definition) is 4. The molecule has 27 heavy (non-hydrogen) atoms. The average molecular weight is 396 g/mol. The molecule has 2 heterocycles. The van der Waals surface area contributed by atoms with Crippen LogP contribution in [0.2, 0.25) is 0 Å². The van der Waals surface area contributed by atoms with E-state index in [1.165, 1.54) is 0 Å². The Labute approximate surface area is 167 Å². The molecule has 0 saturated carbocycles. The van der Waals surface area contributed by atoms with Gasteiger partial charge >= 0.3 is 0 Å². The van der Waals surface area contributed by atoms with Crippen LogP contribution in [-0.4, -0.2) is 56.0 Å². The highest BCUT2D eigenvalue weighted by molar-refractivity contribution is 5.85. The van der Waals surface area contributed by atoms with Gasteiger partial charge in [-0.15, -0.1) is 12.4 Å². The Morgan fingerprint density at radius 3 is 2.52 bits per heavy atom. The molecule has 2 amide bonds. The van der Waals surface area contributed by atoms with Crippen LogP contribution in [-0.2, 0) is 16.0 Å². The molecule has 6 nitrogen and oxygen atoms in total. The zero-order valence-electron chi connectivity index (χ0n) is 16.1. The van der Waals surface area contributed by atoms with Crippen LogP contribution in [0.1, 0.15) is 25.3 Å². The zero-order chi connectivity index (χ0) is 18.5. The number of methoxy groups -OCH3 is 1. The summed E-state index contributed by atoms with van der Waals surface area (Å²) in [6.07, 6.45) is 1.99. The van der Waals surface area contributed by atoms with Gasteiger partial charge in [0.15, 0.2) is 0 Å². The third kappa shape index (κ3) is 5.36. The number of carbonyl (C=O) groups excluding carboxylic acids is 2. The van der Waals surface area contributed by atoms with Gasteiger partial charge in [-0.3, -0.25) is 9.59 Å². The van der Waals surface area contributed by atoms with Gasteiger partial charge in [-0.2, -0.15) is 0 Å². The maximum atomic E-state index is 12.6. The fraction of sp³-hybridized carbons (Fsp3) is 0.600. The first-order chi connectivity index (χ1) is 12.6. The molecular weight excluding hydrogens is 366 g/mol. The van der Waals surface area contributed by atoms with Crippen LogP contribution < -0.4 is 15.4 Å². The van der Waals surface area contributed by atoms with Crippen LogP contribution >= 0.6 is 12.4 Å². The van der Waals surface area contributed by atoms with Gasteiger partial charge in [0.2, 0.25) is 11.8 Å². The third-order valence-corrected chi connectivity index (χ3v) is 5.66. The summed E-state index contributed by atoms with van der Waals surface area (Å²) in [4.78, 5) is 26.8. The summed E-state index contributed by atoms with van der Waals surface area (Å²) in [5, 5.41) is 6.38. The number of ether oxygens (including phenoxy) is 1. The maximum absolute atomic E-state index is 12.6. The third-order valence-electron chi connectivity index (χ3n) is 5.66. The van der Waals surface area contributed by atoms with Gasteiger partial charge in [0.1, 0.15) is 5.75 Å². The first-order valence-corrected chi connectivity index (χ1v) is 9.49. The van der Waals surface area contributed by atoms with E-state index in [1.807, 2.05) is 36.1 Å². The lowest BCUT2D eigenvalue weighted by molar-refractivity contribution is -0.132. The van der Waals surface area contributed by atoms with Crippen molar-refractivity contribution >= 4 is 24.2 Å². The molecule has 0 bridgehead atoms. The second kappa shape index (κ2) is 9.95. The maximum Gasteiger partial charge on any atom is 0.227 e. The quantitative estimate of drug-likeness (QED) is 0.768. The second-order valence-corrected chi connectivity index (χ2v) is 7.36. The van der Waals surface area contributed by atoms with E-state index in [0.717, 1.165) is 37.2 Å². The number of para-hydroxylation sites is 1. The van der Waals surface area contributed by atoms with Crippen molar-refractivity contribution in [3.8, 4) is 5.75 Å². The van der Waals surface area contributed by atoms with Crippen molar-refractivity contribution in [1.29, 1.82) is 0 Å². The zero-order valence-corrected chi connectivity index (χ0v) is 16.9. The monoisotopic (exact) mass is 395 g/mol. The van der Waals surface area contributed by atoms with Gasteiger partial charge in [0, 0.05) is 30.6 Å². The summed E-state index contributed by atoms with van der Waals surface area (Å²) in [6, 6.07) is 7.81. The molecule has 0 radical (unpaired) electrons. The first kappa shape index (κ1) is 21.5. The summed E-state index contributed by atoms with van der Waals surface area (Å²) < 4.78 is 5.33. The lowest BCUT2D eigenvalue weighted by Gasteiger charge is -2.35. The number of nitrogens with zero attached hydrogens (tertiary/aromatic N) is 1. The Bertz CT molecular complexity index is 643. The van der Waals surface area contributed by atoms with E-state index in [2.05, 4.69) is 10.6 Å². The molecule has 0 aliphatic carbocycles. The van der Waals surface area contributed by atoms with Gasteiger partial charge in [-0.05, 0) is 37.9 Å². The molecule has 2 N–H and O–H groups in total. The number of nitrogens with one attached hydrogen (secondary N) is 2. The number of piperidine rings is 1. The molecule has 3 rings (SSSR count). The fourth-order valence-electron chi connectivity index (χ4n) is 3.61. The summed E-state index contributed by atoms with van der Waals surface area (Å²) in [6.45, 7) is 5.26. The van der Waals surface area contributed by atoms with E-state index in [9.17, 15) is 9.59 Å². The summed E-state index contributed by atoms with van der Waals surface area (Å²) in [5.41, 5.74) is 0.915. The standard InChI is InChI=1S/C20H29N3O3.ClH/c1-14(16-12-21-13-16)20(25)22-17-7-9-23(10-8-17)19(24)11-15-5-3-4-6-18(15)26-2;/h3-6,14,16-17,21H,7-13H2,1-2H3,(H,22,25);1H. The molecule has 0 spiro atoms. The second-order valence-electron chi connectivity index (χ2n) is 7.36. The van der Waals surface area contributed by atoms with Crippen molar-refractivity contribution < 1.29 is 14.3 Å². The average Bonchev–Trinajstić information content (AvgIpc) is 2.61. The van der Waals surface area contributed by atoms with Crippen LogP contribution in [0.15, 0.2) is 24.3 Å². The summed E-state index contributed by atoms with van der Waals surface area (Å²) >= 11 is 0. The van der Waals surface area contributed by atoms with Gasteiger partial charge in [0.25, 0.3) is 0 Å². The van der Waals surface area contributed by atoms with E-state index in [0.29, 0.717) is 25.4 Å². The molecule has 2 saturated heterocycles.